The summed E-state index contributed by atoms with van der Waals surface area (Å²) in [4.78, 5) is 20.1. The molecule has 2 aromatic heterocycles. The van der Waals surface area contributed by atoms with Gasteiger partial charge in [0, 0.05) is 12.2 Å². The van der Waals surface area contributed by atoms with Crippen molar-refractivity contribution in [3.8, 4) is 0 Å². The van der Waals surface area contributed by atoms with Crippen molar-refractivity contribution >= 4 is 11.0 Å². The predicted molar refractivity (Wildman–Crippen MR) is 84.6 cm³/mol. The van der Waals surface area contributed by atoms with E-state index in [1.165, 1.54) is 5.56 Å². The fourth-order valence-electron chi connectivity index (χ4n) is 2.69. The molecule has 0 aliphatic carbocycles. The highest BCUT2D eigenvalue weighted by molar-refractivity contribution is 5.75. The van der Waals surface area contributed by atoms with E-state index in [4.69, 9.17) is 0 Å². The Labute approximate surface area is 123 Å². The van der Waals surface area contributed by atoms with Crippen molar-refractivity contribution in [1.82, 2.24) is 14.5 Å². The third-order valence-corrected chi connectivity index (χ3v) is 3.76. The monoisotopic (exact) mass is 281 g/mol. The van der Waals surface area contributed by atoms with Crippen LogP contribution in [0.1, 0.15) is 23.5 Å². The third kappa shape index (κ3) is 2.75. The van der Waals surface area contributed by atoms with Gasteiger partial charge in [-0.3, -0.25) is 9.36 Å². The molecule has 0 unspecified atom stereocenters. The van der Waals surface area contributed by atoms with E-state index in [9.17, 15) is 4.79 Å². The van der Waals surface area contributed by atoms with Gasteiger partial charge < -0.3 is 4.98 Å². The highest BCUT2D eigenvalue weighted by Gasteiger charge is 2.09. The zero-order valence-corrected chi connectivity index (χ0v) is 12.4. The molecule has 4 nitrogen and oxygen atoms in total. The summed E-state index contributed by atoms with van der Waals surface area (Å²) in [7, 11) is 0. The van der Waals surface area contributed by atoms with Crippen molar-refractivity contribution in [2.24, 2.45) is 0 Å². The van der Waals surface area contributed by atoms with Gasteiger partial charge in [0.1, 0.15) is 11.5 Å². The Morgan fingerprint density at radius 2 is 1.95 bits per heavy atom. The summed E-state index contributed by atoms with van der Waals surface area (Å²) in [6.07, 6.45) is 1.90. The number of aromatic nitrogens is 3. The number of aromatic amines is 1. The Hall–Kier alpha value is -2.36. The molecule has 2 heterocycles. The summed E-state index contributed by atoms with van der Waals surface area (Å²) >= 11 is 0. The van der Waals surface area contributed by atoms with Gasteiger partial charge in [0.2, 0.25) is 0 Å². The van der Waals surface area contributed by atoms with Crippen LogP contribution in [-0.2, 0) is 13.0 Å². The normalized spacial score (nSPS) is 11.1. The van der Waals surface area contributed by atoms with E-state index in [1.807, 2.05) is 38.1 Å². The number of hydrogen-bond acceptors (Lipinski definition) is 2. The number of nitrogens with zero attached hydrogens (tertiary/aromatic N) is 2. The van der Waals surface area contributed by atoms with Gasteiger partial charge >= 0.3 is 0 Å². The van der Waals surface area contributed by atoms with Crippen molar-refractivity contribution in [3.05, 3.63) is 63.8 Å². The van der Waals surface area contributed by atoms with Crippen LogP contribution in [0, 0.1) is 13.8 Å². The van der Waals surface area contributed by atoms with Crippen molar-refractivity contribution in [2.75, 3.05) is 0 Å². The fraction of sp³-hybridized carbons (Fsp3) is 0.294. The van der Waals surface area contributed by atoms with Crippen LogP contribution in [0.4, 0.5) is 0 Å². The molecular weight excluding hydrogens is 262 g/mol. The number of hydrogen-bond donors (Lipinski definition) is 1. The summed E-state index contributed by atoms with van der Waals surface area (Å²) in [6.45, 7) is 4.53. The van der Waals surface area contributed by atoms with Crippen molar-refractivity contribution in [1.29, 1.82) is 0 Å². The highest BCUT2D eigenvalue weighted by atomic mass is 16.1. The van der Waals surface area contributed by atoms with Crippen molar-refractivity contribution in [3.63, 3.8) is 0 Å². The molecule has 1 aromatic carbocycles. The average Bonchev–Trinajstić information content (AvgIpc) is 2.84. The lowest BCUT2D eigenvalue weighted by Gasteiger charge is -2.09. The molecule has 1 N–H and O–H groups in total. The van der Waals surface area contributed by atoms with Gasteiger partial charge in [-0.2, -0.15) is 0 Å². The maximum atomic E-state index is 12.5. The SMILES string of the molecule is Cc1cc2c(=O)n(CCCc3ccccc3)c(C)nc2[nH]1. The van der Waals surface area contributed by atoms with Crippen LogP contribution in [0.5, 0.6) is 0 Å². The maximum absolute atomic E-state index is 12.5. The average molecular weight is 281 g/mol. The molecule has 21 heavy (non-hydrogen) atoms. The molecule has 0 saturated heterocycles. The van der Waals surface area contributed by atoms with Crippen LogP contribution >= 0.6 is 0 Å². The first kappa shape index (κ1) is 13.6. The molecule has 0 spiro atoms. The lowest BCUT2D eigenvalue weighted by atomic mass is 10.1. The highest BCUT2D eigenvalue weighted by Crippen LogP contribution is 2.10. The molecule has 3 aromatic rings. The molecular formula is C17H19N3O. The van der Waals surface area contributed by atoms with Crippen LogP contribution in [0.2, 0.25) is 0 Å². The molecule has 0 radical (unpaired) electrons. The van der Waals surface area contributed by atoms with Gasteiger partial charge in [0.05, 0.1) is 5.39 Å². The van der Waals surface area contributed by atoms with E-state index in [1.54, 1.807) is 4.57 Å². The molecule has 0 saturated carbocycles. The first-order valence-corrected chi connectivity index (χ1v) is 7.26. The number of rotatable bonds is 4. The molecule has 3 rings (SSSR count). The van der Waals surface area contributed by atoms with Gasteiger partial charge in [0.15, 0.2) is 0 Å². The number of H-pyrrole nitrogens is 1. The first-order chi connectivity index (χ1) is 10.1. The van der Waals surface area contributed by atoms with Gasteiger partial charge in [-0.15, -0.1) is 0 Å². The van der Waals surface area contributed by atoms with Crippen LogP contribution < -0.4 is 5.56 Å². The summed E-state index contributed by atoms with van der Waals surface area (Å²) in [6, 6.07) is 12.2. The second kappa shape index (κ2) is 5.56. The topological polar surface area (TPSA) is 50.7 Å². The van der Waals surface area contributed by atoms with E-state index in [0.29, 0.717) is 17.6 Å². The predicted octanol–water partition coefficient (Wildman–Crippen LogP) is 2.97. The molecule has 0 aliphatic heterocycles. The summed E-state index contributed by atoms with van der Waals surface area (Å²) < 4.78 is 1.78. The van der Waals surface area contributed by atoms with Crippen LogP contribution in [0.15, 0.2) is 41.2 Å². The number of aryl methyl sites for hydroxylation is 3. The lowest BCUT2D eigenvalue weighted by Crippen LogP contribution is -2.23. The number of benzene rings is 1. The Balaban J connectivity index is 1.82. The third-order valence-electron chi connectivity index (χ3n) is 3.76. The van der Waals surface area contributed by atoms with Crippen molar-refractivity contribution < 1.29 is 0 Å². The van der Waals surface area contributed by atoms with E-state index in [-0.39, 0.29) is 5.56 Å². The van der Waals surface area contributed by atoms with Gasteiger partial charge in [0.25, 0.3) is 5.56 Å². The second-order valence-electron chi connectivity index (χ2n) is 5.42. The van der Waals surface area contributed by atoms with E-state index < -0.39 is 0 Å². The molecule has 0 aliphatic rings. The minimum atomic E-state index is 0.0508. The standard InChI is InChI=1S/C17H19N3O/c1-12-11-15-16(18-12)19-13(2)20(17(15)21)10-6-9-14-7-4-3-5-8-14/h3-5,7-8,11,18H,6,9-10H2,1-2H3. The van der Waals surface area contributed by atoms with Gasteiger partial charge in [-0.25, -0.2) is 4.98 Å². The minimum absolute atomic E-state index is 0.0508. The minimum Gasteiger partial charge on any atom is -0.343 e. The number of nitrogens with one attached hydrogen (secondary N) is 1. The molecule has 0 bridgehead atoms. The Morgan fingerprint density at radius 3 is 2.71 bits per heavy atom. The van der Waals surface area contributed by atoms with Crippen LogP contribution in [-0.4, -0.2) is 14.5 Å². The molecule has 4 heteroatoms. The largest absolute Gasteiger partial charge is 0.343 e. The van der Waals surface area contributed by atoms with E-state index >= 15 is 0 Å². The smallest absolute Gasteiger partial charge is 0.263 e. The van der Waals surface area contributed by atoms with E-state index in [2.05, 4.69) is 22.1 Å². The van der Waals surface area contributed by atoms with Crippen LogP contribution in [0.3, 0.4) is 0 Å². The lowest BCUT2D eigenvalue weighted by molar-refractivity contribution is 0.599. The molecule has 0 fully saturated rings. The molecule has 0 amide bonds. The van der Waals surface area contributed by atoms with Crippen LogP contribution in [0.25, 0.3) is 11.0 Å². The zero-order chi connectivity index (χ0) is 14.8. The Bertz CT molecular complexity index is 815. The summed E-state index contributed by atoms with van der Waals surface area (Å²) in [5.74, 6) is 0.766. The van der Waals surface area contributed by atoms with Gasteiger partial charge in [-0.05, 0) is 38.3 Å². The summed E-state index contributed by atoms with van der Waals surface area (Å²) in [5.41, 5.74) is 3.01. The second-order valence-corrected chi connectivity index (χ2v) is 5.42. The zero-order valence-electron chi connectivity index (χ0n) is 12.4. The summed E-state index contributed by atoms with van der Waals surface area (Å²) in [5, 5.41) is 0.679. The first-order valence-electron chi connectivity index (χ1n) is 7.26. The molecule has 0 atom stereocenters. The van der Waals surface area contributed by atoms with E-state index in [0.717, 1.165) is 24.4 Å². The van der Waals surface area contributed by atoms with Gasteiger partial charge in [-0.1, -0.05) is 30.3 Å². The Kier molecular flexibility index (Phi) is 3.60. The molecule has 108 valence electrons. The number of fused-ring (bicyclic) bond motifs is 1. The quantitative estimate of drug-likeness (QED) is 0.799. The maximum Gasteiger partial charge on any atom is 0.263 e. The fourth-order valence-corrected chi connectivity index (χ4v) is 2.69. The van der Waals surface area contributed by atoms with Crippen molar-refractivity contribution in [2.45, 2.75) is 33.2 Å². The Morgan fingerprint density at radius 1 is 1.19 bits per heavy atom.